The lowest BCUT2D eigenvalue weighted by Crippen LogP contribution is -2.25. The van der Waals surface area contributed by atoms with Crippen molar-refractivity contribution < 1.29 is 14.6 Å². The van der Waals surface area contributed by atoms with Gasteiger partial charge in [0.1, 0.15) is 6.61 Å². The van der Waals surface area contributed by atoms with Gasteiger partial charge in [0.25, 0.3) is 0 Å². The number of hydrogen-bond donors (Lipinski definition) is 2. The SMILES string of the molecule is O=C(NCCCCO)OCc1c2ccccc2cc2ccccc12. The summed E-state index contributed by atoms with van der Waals surface area (Å²) in [6, 6.07) is 18.4. The Labute approximate surface area is 141 Å². The molecule has 0 radical (unpaired) electrons. The van der Waals surface area contributed by atoms with Crippen LogP contribution < -0.4 is 5.32 Å². The summed E-state index contributed by atoms with van der Waals surface area (Å²) in [4.78, 5) is 11.9. The van der Waals surface area contributed by atoms with E-state index in [0.29, 0.717) is 13.0 Å². The third-order valence-electron chi connectivity index (χ3n) is 4.08. The fourth-order valence-electron chi connectivity index (χ4n) is 2.88. The van der Waals surface area contributed by atoms with Gasteiger partial charge in [0.2, 0.25) is 0 Å². The van der Waals surface area contributed by atoms with Crippen LogP contribution in [0.2, 0.25) is 0 Å². The van der Waals surface area contributed by atoms with E-state index < -0.39 is 6.09 Å². The Morgan fingerprint density at radius 2 is 1.58 bits per heavy atom. The zero-order chi connectivity index (χ0) is 16.8. The van der Waals surface area contributed by atoms with Gasteiger partial charge in [0.05, 0.1) is 0 Å². The van der Waals surface area contributed by atoms with E-state index in [1.54, 1.807) is 0 Å². The molecule has 0 fully saturated rings. The first-order valence-corrected chi connectivity index (χ1v) is 8.20. The summed E-state index contributed by atoms with van der Waals surface area (Å²) in [6.07, 6.45) is 0.988. The molecule has 0 heterocycles. The Kier molecular flexibility index (Phi) is 5.29. The number of amides is 1. The quantitative estimate of drug-likeness (QED) is 0.532. The fraction of sp³-hybridized carbons (Fsp3) is 0.250. The van der Waals surface area contributed by atoms with E-state index in [-0.39, 0.29) is 13.2 Å². The number of nitrogens with one attached hydrogen (secondary N) is 1. The van der Waals surface area contributed by atoms with Crippen LogP contribution in [-0.2, 0) is 11.3 Å². The van der Waals surface area contributed by atoms with Crippen molar-refractivity contribution in [3.05, 3.63) is 60.2 Å². The molecule has 124 valence electrons. The summed E-state index contributed by atoms with van der Waals surface area (Å²) >= 11 is 0. The average Bonchev–Trinajstić information content (AvgIpc) is 2.62. The molecular formula is C20H21NO3. The molecule has 4 nitrogen and oxygen atoms in total. The second-order valence-corrected chi connectivity index (χ2v) is 5.73. The molecule has 0 saturated heterocycles. The molecule has 0 aliphatic rings. The maximum Gasteiger partial charge on any atom is 0.407 e. The van der Waals surface area contributed by atoms with Crippen LogP contribution >= 0.6 is 0 Å². The molecule has 0 aromatic heterocycles. The number of carbonyl (C=O) groups excluding carboxylic acids is 1. The fourth-order valence-corrected chi connectivity index (χ4v) is 2.88. The Morgan fingerprint density at radius 3 is 2.21 bits per heavy atom. The highest BCUT2D eigenvalue weighted by atomic mass is 16.5. The standard InChI is InChI=1S/C20H21NO3/c22-12-6-5-11-21-20(23)24-14-19-17-9-3-1-7-15(17)13-16-8-2-4-10-18(16)19/h1-4,7-10,13,22H,5-6,11-12,14H2,(H,21,23). The number of ether oxygens (including phenoxy) is 1. The highest BCUT2D eigenvalue weighted by Crippen LogP contribution is 2.28. The van der Waals surface area contributed by atoms with Crippen molar-refractivity contribution in [1.29, 1.82) is 0 Å². The van der Waals surface area contributed by atoms with Crippen LogP contribution in [0, 0.1) is 0 Å². The van der Waals surface area contributed by atoms with Crippen LogP contribution in [0.15, 0.2) is 54.6 Å². The van der Waals surface area contributed by atoms with Crippen LogP contribution in [0.5, 0.6) is 0 Å². The minimum Gasteiger partial charge on any atom is -0.445 e. The largest absolute Gasteiger partial charge is 0.445 e. The van der Waals surface area contributed by atoms with Crippen LogP contribution in [0.1, 0.15) is 18.4 Å². The van der Waals surface area contributed by atoms with Gasteiger partial charge in [-0.1, -0.05) is 48.5 Å². The van der Waals surface area contributed by atoms with Crippen LogP contribution in [0.25, 0.3) is 21.5 Å². The van der Waals surface area contributed by atoms with Gasteiger partial charge < -0.3 is 15.2 Å². The molecule has 3 rings (SSSR count). The number of aliphatic hydroxyl groups is 1. The van der Waals surface area contributed by atoms with Gasteiger partial charge in [0, 0.05) is 18.7 Å². The molecule has 0 saturated carbocycles. The Balaban J connectivity index is 1.80. The third kappa shape index (κ3) is 3.66. The van der Waals surface area contributed by atoms with Gasteiger partial charge in [-0.3, -0.25) is 0 Å². The summed E-state index contributed by atoms with van der Waals surface area (Å²) in [6.45, 7) is 0.877. The molecule has 0 unspecified atom stereocenters. The molecule has 3 aromatic carbocycles. The van der Waals surface area contributed by atoms with Crippen LogP contribution in [0.4, 0.5) is 4.79 Å². The molecule has 0 spiro atoms. The summed E-state index contributed by atoms with van der Waals surface area (Å²) < 4.78 is 5.41. The molecule has 2 N–H and O–H groups in total. The predicted octanol–water partition coefficient (Wildman–Crippen LogP) is 3.99. The van der Waals surface area contributed by atoms with E-state index in [2.05, 4.69) is 35.6 Å². The molecule has 0 atom stereocenters. The van der Waals surface area contributed by atoms with Gasteiger partial charge in [-0.25, -0.2) is 4.79 Å². The lowest BCUT2D eigenvalue weighted by molar-refractivity contribution is 0.140. The van der Waals surface area contributed by atoms with Crippen molar-refractivity contribution >= 4 is 27.6 Å². The monoisotopic (exact) mass is 323 g/mol. The number of hydrogen-bond acceptors (Lipinski definition) is 3. The second kappa shape index (κ2) is 7.79. The summed E-state index contributed by atoms with van der Waals surface area (Å²) in [7, 11) is 0. The number of benzene rings is 3. The molecule has 1 amide bonds. The number of rotatable bonds is 6. The van der Waals surface area contributed by atoms with E-state index in [4.69, 9.17) is 9.84 Å². The molecule has 4 heteroatoms. The first-order valence-electron chi connectivity index (χ1n) is 8.20. The van der Waals surface area contributed by atoms with Crippen molar-refractivity contribution in [3.8, 4) is 0 Å². The lowest BCUT2D eigenvalue weighted by atomic mass is 9.97. The molecule has 0 bridgehead atoms. The zero-order valence-electron chi connectivity index (χ0n) is 13.5. The summed E-state index contributed by atoms with van der Waals surface area (Å²) in [5.74, 6) is 0. The van der Waals surface area contributed by atoms with Crippen LogP contribution in [0.3, 0.4) is 0 Å². The molecule has 24 heavy (non-hydrogen) atoms. The molecule has 0 aliphatic carbocycles. The van der Waals surface area contributed by atoms with Crippen molar-refractivity contribution in [1.82, 2.24) is 5.32 Å². The van der Waals surface area contributed by atoms with Gasteiger partial charge in [0.15, 0.2) is 0 Å². The van der Waals surface area contributed by atoms with Crippen molar-refractivity contribution in [2.24, 2.45) is 0 Å². The van der Waals surface area contributed by atoms with Gasteiger partial charge >= 0.3 is 6.09 Å². The Bertz CT molecular complexity index is 791. The third-order valence-corrected chi connectivity index (χ3v) is 4.08. The number of unbranched alkanes of at least 4 members (excludes halogenated alkanes) is 1. The smallest absolute Gasteiger partial charge is 0.407 e. The molecular weight excluding hydrogens is 302 g/mol. The Hall–Kier alpha value is -2.59. The van der Waals surface area contributed by atoms with Gasteiger partial charge in [-0.05, 0) is 40.5 Å². The number of aliphatic hydroxyl groups excluding tert-OH is 1. The minimum absolute atomic E-state index is 0.138. The second-order valence-electron chi connectivity index (χ2n) is 5.73. The van der Waals surface area contributed by atoms with Crippen molar-refractivity contribution in [2.45, 2.75) is 19.4 Å². The zero-order valence-corrected chi connectivity index (χ0v) is 13.5. The number of carbonyl (C=O) groups is 1. The van der Waals surface area contributed by atoms with Crippen molar-refractivity contribution in [2.75, 3.05) is 13.2 Å². The highest BCUT2D eigenvalue weighted by molar-refractivity contribution is 6.02. The normalized spacial score (nSPS) is 10.9. The maximum atomic E-state index is 11.9. The molecule has 0 aliphatic heterocycles. The first kappa shape index (κ1) is 16.3. The van der Waals surface area contributed by atoms with Gasteiger partial charge in [-0.15, -0.1) is 0 Å². The lowest BCUT2D eigenvalue weighted by Gasteiger charge is -2.12. The van der Waals surface area contributed by atoms with E-state index in [0.717, 1.165) is 33.5 Å². The minimum atomic E-state index is -0.426. The number of alkyl carbamates (subject to hydrolysis) is 1. The first-order chi connectivity index (χ1) is 11.8. The van der Waals surface area contributed by atoms with Gasteiger partial charge in [-0.2, -0.15) is 0 Å². The van der Waals surface area contributed by atoms with Crippen molar-refractivity contribution in [3.63, 3.8) is 0 Å². The van der Waals surface area contributed by atoms with E-state index in [1.807, 2.05) is 24.3 Å². The summed E-state index contributed by atoms with van der Waals surface area (Å²) in [5.41, 5.74) is 1.02. The van der Waals surface area contributed by atoms with E-state index in [1.165, 1.54) is 0 Å². The van der Waals surface area contributed by atoms with E-state index >= 15 is 0 Å². The molecule has 3 aromatic rings. The topological polar surface area (TPSA) is 58.6 Å². The highest BCUT2D eigenvalue weighted by Gasteiger charge is 2.10. The Morgan fingerprint density at radius 1 is 0.958 bits per heavy atom. The van der Waals surface area contributed by atoms with E-state index in [9.17, 15) is 4.79 Å². The predicted molar refractivity (Wildman–Crippen MR) is 96.0 cm³/mol. The number of fused-ring (bicyclic) bond motifs is 2. The summed E-state index contributed by atoms with van der Waals surface area (Å²) in [5, 5.41) is 15.9. The average molecular weight is 323 g/mol. The van der Waals surface area contributed by atoms with Crippen LogP contribution in [-0.4, -0.2) is 24.4 Å². The maximum absolute atomic E-state index is 11.9.